The van der Waals surface area contributed by atoms with E-state index in [1.54, 1.807) is 0 Å². The highest BCUT2D eigenvalue weighted by Crippen LogP contribution is 2.20. The van der Waals surface area contributed by atoms with Crippen molar-refractivity contribution in [3.8, 4) is 35.5 Å². The molecule has 30 heavy (non-hydrogen) atoms. The van der Waals surface area contributed by atoms with Gasteiger partial charge in [0.05, 0.1) is 0 Å². The smallest absolute Gasteiger partial charge is 0.0408 e. The van der Waals surface area contributed by atoms with E-state index in [9.17, 15) is 0 Å². The molecule has 0 aliphatic heterocycles. The largest absolute Gasteiger partial charge is 0.0603 e. The van der Waals surface area contributed by atoms with Gasteiger partial charge in [-0.2, -0.15) is 0 Å². The molecular weight excluding hydrogens is 360 g/mol. The minimum absolute atomic E-state index is 0.966. The van der Waals surface area contributed by atoms with Crippen LogP contribution in [0.3, 0.4) is 0 Å². The van der Waals surface area contributed by atoms with E-state index in [0.717, 1.165) is 33.4 Å². The van der Waals surface area contributed by atoms with Crippen molar-refractivity contribution in [1.82, 2.24) is 0 Å². The van der Waals surface area contributed by atoms with E-state index >= 15 is 0 Å². The lowest BCUT2D eigenvalue weighted by molar-refractivity contribution is 1.31. The molecule has 0 radical (unpaired) electrons. The first-order chi connectivity index (χ1) is 14.3. The quantitative estimate of drug-likeness (QED) is 0.324. The Hall–Kier alpha value is -3.66. The van der Waals surface area contributed by atoms with Crippen molar-refractivity contribution < 1.29 is 0 Å². The molecule has 4 rings (SSSR count). The van der Waals surface area contributed by atoms with Crippen LogP contribution in [0.2, 0.25) is 0 Å². The fourth-order valence-corrected chi connectivity index (χ4v) is 3.47. The van der Waals surface area contributed by atoms with Crippen molar-refractivity contribution in [2.24, 2.45) is 0 Å². The third kappa shape index (κ3) is 3.77. The van der Waals surface area contributed by atoms with Gasteiger partial charge in [-0.15, -0.1) is 0 Å². The average Bonchev–Trinajstić information content (AvgIpc) is 2.70. The van der Waals surface area contributed by atoms with Crippen LogP contribution in [0.5, 0.6) is 0 Å². The molecule has 0 aromatic heterocycles. The molecule has 0 bridgehead atoms. The first-order valence-corrected chi connectivity index (χ1v) is 10.2. The second kappa shape index (κ2) is 7.64. The van der Waals surface area contributed by atoms with Crippen LogP contribution >= 0.6 is 0 Å². The summed E-state index contributed by atoms with van der Waals surface area (Å²) in [6, 6.07) is 12.9. The maximum Gasteiger partial charge on any atom is 0.0408 e. The summed E-state index contributed by atoms with van der Waals surface area (Å²) in [7, 11) is 0. The van der Waals surface area contributed by atoms with E-state index in [1.807, 2.05) is 0 Å². The molecule has 3 aromatic carbocycles. The van der Waals surface area contributed by atoms with Gasteiger partial charge in [-0.3, -0.25) is 0 Å². The Bertz CT molecular complexity index is 1120. The molecule has 0 spiro atoms. The third-order valence-corrected chi connectivity index (χ3v) is 5.90. The molecule has 0 unspecified atom stereocenters. The Labute approximate surface area is 180 Å². The highest BCUT2D eigenvalue weighted by molar-refractivity contribution is 5.64. The Kier molecular flexibility index (Phi) is 5.00. The van der Waals surface area contributed by atoms with Gasteiger partial charge < -0.3 is 0 Å². The highest BCUT2D eigenvalue weighted by Gasteiger charge is 2.07. The van der Waals surface area contributed by atoms with Crippen LogP contribution in [0.15, 0.2) is 36.4 Å². The molecule has 1 aliphatic rings. The molecule has 0 heterocycles. The summed E-state index contributed by atoms with van der Waals surface area (Å²) < 4.78 is 0. The van der Waals surface area contributed by atoms with Gasteiger partial charge >= 0.3 is 0 Å². The van der Waals surface area contributed by atoms with Crippen molar-refractivity contribution in [1.29, 1.82) is 0 Å². The third-order valence-electron chi connectivity index (χ3n) is 5.90. The first-order valence-electron chi connectivity index (χ1n) is 10.2. The zero-order valence-electron chi connectivity index (χ0n) is 18.5. The summed E-state index contributed by atoms with van der Waals surface area (Å²) in [5.41, 5.74) is 13.2. The number of aryl methyl sites for hydroxylation is 6. The topological polar surface area (TPSA) is 0 Å². The van der Waals surface area contributed by atoms with E-state index in [0.29, 0.717) is 0 Å². The minimum Gasteiger partial charge on any atom is -0.0603 e. The molecule has 0 atom stereocenters. The van der Waals surface area contributed by atoms with Crippen LogP contribution in [0.1, 0.15) is 66.8 Å². The molecule has 0 saturated carbocycles. The Balaban J connectivity index is 2.08. The molecular formula is C30H24. The zero-order chi connectivity index (χ0) is 21.4. The lowest BCUT2D eigenvalue weighted by Gasteiger charge is -2.07. The second-order valence-electron chi connectivity index (χ2n) is 8.20. The van der Waals surface area contributed by atoms with Crippen molar-refractivity contribution >= 4 is 0 Å². The second-order valence-corrected chi connectivity index (χ2v) is 8.20. The van der Waals surface area contributed by atoms with E-state index in [4.69, 9.17) is 0 Å². The van der Waals surface area contributed by atoms with Gasteiger partial charge in [0.1, 0.15) is 0 Å². The summed E-state index contributed by atoms with van der Waals surface area (Å²) in [4.78, 5) is 0. The van der Waals surface area contributed by atoms with Gasteiger partial charge in [0.25, 0.3) is 0 Å². The van der Waals surface area contributed by atoms with Gasteiger partial charge in [-0.05, 0) is 111 Å². The molecule has 3 aromatic rings. The lowest BCUT2D eigenvalue weighted by atomic mass is 9.95. The Morgan fingerprint density at radius 2 is 0.433 bits per heavy atom. The van der Waals surface area contributed by atoms with Crippen LogP contribution in [-0.4, -0.2) is 0 Å². The first kappa shape index (κ1) is 19.6. The maximum absolute atomic E-state index is 3.38. The summed E-state index contributed by atoms with van der Waals surface area (Å²) in [6.45, 7) is 12.7. The molecule has 0 N–H and O–H groups in total. The summed E-state index contributed by atoms with van der Waals surface area (Å²) >= 11 is 0. The monoisotopic (exact) mass is 384 g/mol. The highest BCUT2D eigenvalue weighted by atomic mass is 14.1. The normalized spacial score (nSPS) is 11.0. The van der Waals surface area contributed by atoms with Crippen LogP contribution in [0.4, 0.5) is 0 Å². The van der Waals surface area contributed by atoms with E-state index in [1.165, 1.54) is 33.4 Å². The Morgan fingerprint density at radius 3 is 0.567 bits per heavy atom. The molecule has 0 nitrogen and oxygen atoms in total. The van der Waals surface area contributed by atoms with Crippen LogP contribution in [-0.2, 0) is 0 Å². The number of benzene rings is 3. The molecule has 144 valence electrons. The van der Waals surface area contributed by atoms with Gasteiger partial charge in [-0.25, -0.2) is 0 Å². The standard InChI is InChI=1S/C30H24/c1-19-13-25-7-8-27-15-21(3)23(5)17-29(27)11-12-30-18-24(6)22(4)16-28(30)10-9-26(25)14-20(19)2/h13-18H,1-6H3. The number of rotatable bonds is 0. The van der Waals surface area contributed by atoms with Crippen LogP contribution in [0, 0.1) is 77.1 Å². The fraction of sp³-hybridized carbons (Fsp3) is 0.200. The molecule has 0 heteroatoms. The van der Waals surface area contributed by atoms with Crippen molar-refractivity contribution in [3.05, 3.63) is 103 Å². The molecule has 0 fully saturated rings. The molecule has 0 amide bonds. The minimum atomic E-state index is 0.966. The van der Waals surface area contributed by atoms with E-state index in [2.05, 4.69) is 113 Å². The van der Waals surface area contributed by atoms with Gasteiger partial charge in [0.2, 0.25) is 0 Å². The Morgan fingerprint density at radius 1 is 0.300 bits per heavy atom. The van der Waals surface area contributed by atoms with Crippen LogP contribution in [0.25, 0.3) is 0 Å². The number of hydrogen-bond acceptors (Lipinski definition) is 0. The van der Waals surface area contributed by atoms with Gasteiger partial charge in [0.15, 0.2) is 0 Å². The van der Waals surface area contributed by atoms with E-state index < -0.39 is 0 Å². The SMILES string of the molecule is Cc1cc2c(cc1C)C#Cc1cc(C)c(C)cc1C#Cc1cc(C)c(C)cc1C#C2. The van der Waals surface area contributed by atoms with E-state index in [-0.39, 0.29) is 0 Å². The van der Waals surface area contributed by atoms with Crippen molar-refractivity contribution in [3.63, 3.8) is 0 Å². The average molecular weight is 385 g/mol. The summed E-state index contributed by atoms with van der Waals surface area (Å²) in [5, 5.41) is 0. The summed E-state index contributed by atoms with van der Waals surface area (Å²) in [5.74, 6) is 20.3. The van der Waals surface area contributed by atoms with Crippen molar-refractivity contribution in [2.75, 3.05) is 0 Å². The number of fused-ring (bicyclic) bond motifs is 3. The lowest BCUT2D eigenvalue weighted by Crippen LogP contribution is -1.95. The van der Waals surface area contributed by atoms with Gasteiger partial charge in [0, 0.05) is 33.4 Å². The molecule has 1 aliphatic carbocycles. The molecule has 0 saturated heterocycles. The maximum atomic E-state index is 3.38. The van der Waals surface area contributed by atoms with Crippen LogP contribution < -0.4 is 0 Å². The van der Waals surface area contributed by atoms with Crippen molar-refractivity contribution in [2.45, 2.75) is 41.5 Å². The number of hydrogen-bond donors (Lipinski definition) is 0. The summed E-state index contributed by atoms with van der Waals surface area (Å²) in [6.07, 6.45) is 0. The predicted molar refractivity (Wildman–Crippen MR) is 126 cm³/mol. The van der Waals surface area contributed by atoms with Gasteiger partial charge in [-0.1, -0.05) is 35.5 Å². The zero-order valence-corrected chi connectivity index (χ0v) is 18.5. The predicted octanol–water partition coefficient (Wildman–Crippen LogP) is 6.05. The fourth-order valence-electron chi connectivity index (χ4n) is 3.47.